The van der Waals surface area contributed by atoms with Gasteiger partial charge in [-0.2, -0.15) is 5.26 Å². The van der Waals surface area contributed by atoms with Gasteiger partial charge in [-0.25, -0.2) is 0 Å². The fraction of sp³-hybridized carbons (Fsp3) is 0.536. The van der Waals surface area contributed by atoms with Crippen molar-refractivity contribution in [3.8, 4) is 11.8 Å². The highest BCUT2D eigenvalue weighted by molar-refractivity contribution is 7.98. The minimum Gasteiger partial charge on any atom is -0.494 e. The molecule has 0 bridgehead atoms. The lowest BCUT2D eigenvalue weighted by Crippen LogP contribution is -2.13. The largest absolute Gasteiger partial charge is 0.494 e. The quantitative estimate of drug-likeness (QED) is 0.262. The summed E-state index contributed by atoms with van der Waals surface area (Å²) in [4.78, 5) is 1.03. The lowest BCUT2D eigenvalue weighted by atomic mass is 9.77. The zero-order valence-corrected chi connectivity index (χ0v) is 20.1. The van der Waals surface area contributed by atoms with Gasteiger partial charge in [-0.1, -0.05) is 63.8 Å². The first kappa shape index (κ1) is 23.7. The molecule has 3 rings (SSSR count). The maximum absolute atomic E-state index is 9.54. The third-order valence-corrected chi connectivity index (χ3v) is 7.64. The number of thioether (sulfide) groups is 1. The van der Waals surface area contributed by atoms with Crippen LogP contribution in [0.4, 0.5) is 0 Å². The van der Waals surface area contributed by atoms with Crippen molar-refractivity contribution in [3.63, 3.8) is 0 Å². The van der Waals surface area contributed by atoms with Gasteiger partial charge in [0.05, 0.1) is 12.2 Å². The molecule has 1 fully saturated rings. The van der Waals surface area contributed by atoms with Crippen molar-refractivity contribution in [2.24, 2.45) is 5.92 Å². The second kappa shape index (κ2) is 12.8. The molecule has 166 valence electrons. The molecule has 0 heterocycles. The Morgan fingerprint density at radius 3 is 2.39 bits per heavy atom. The van der Waals surface area contributed by atoms with Crippen LogP contribution in [-0.2, 0) is 5.75 Å². The number of hydrogen-bond acceptors (Lipinski definition) is 3. The first-order valence-corrected chi connectivity index (χ1v) is 13.1. The first-order valence-electron chi connectivity index (χ1n) is 12.1. The molecule has 2 nitrogen and oxygen atoms in total. The first-order chi connectivity index (χ1) is 15.2. The molecule has 1 aliphatic rings. The van der Waals surface area contributed by atoms with Gasteiger partial charge in [-0.15, -0.1) is 11.8 Å². The number of rotatable bonds is 11. The molecule has 0 N–H and O–H groups in total. The monoisotopic (exact) mass is 435 g/mol. The van der Waals surface area contributed by atoms with Crippen LogP contribution in [0.1, 0.15) is 94.2 Å². The van der Waals surface area contributed by atoms with Gasteiger partial charge in [0.2, 0.25) is 0 Å². The van der Waals surface area contributed by atoms with Gasteiger partial charge < -0.3 is 4.74 Å². The van der Waals surface area contributed by atoms with E-state index in [0.29, 0.717) is 12.2 Å². The molecule has 0 saturated heterocycles. The van der Waals surface area contributed by atoms with E-state index in [0.717, 1.165) is 41.1 Å². The molecule has 1 saturated carbocycles. The summed E-state index contributed by atoms with van der Waals surface area (Å²) in [7, 11) is 0. The number of benzene rings is 2. The minimum atomic E-state index is 0.704. The van der Waals surface area contributed by atoms with E-state index in [2.05, 4.69) is 44.2 Å². The number of nitriles is 1. The maximum Gasteiger partial charge on any atom is 0.120 e. The number of nitrogens with zero attached hydrogens (tertiary/aromatic N) is 1. The van der Waals surface area contributed by atoms with Crippen LogP contribution in [0.25, 0.3) is 0 Å². The molecule has 3 heteroatoms. The SMILES string of the molecule is CCCCOc1ccc(SCc2ccc([C@H]3CC[C@H](CCCC)CC3)cc2)c(C#N)c1. The Morgan fingerprint density at radius 2 is 1.71 bits per heavy atom. The Hall–Kier alpha value is -1.92. The van der Waals surface area contributed by atoms with Gasteiger partial charge in [-0.3, -0.25) is 0 Å². The summed E-state index contributed by atoms with van der Waals surface area (Å²) < 4.78 is 5.74. The molecule has 0 radical (unpaired) electrons. The molecule has 31 heavy (non-hydrogen) atoms. The molecule has 0 aromatic heterocycles. The average Bonchev–Trinajstić information content (AvgIpc) is 2.82. The van der Waals surface area contributed by atoms with Gasteiger partial charge in [0.1, 0.15) is 11.8 Å². The van der Waals surface area contributed by atoms with Crippen LogP contribution in [0.15, 0.2) is 47.4 Å². The lowest BCUT2D eigenvalue weighted by molar-refractivity contribution is 0.304. The van der Waals surface area contributed by atoms with Crippen LogP contribution in [0.5, 0.6) is 5.75 Å². The second-order valence-corrected chi connectivity index (χ2v) is 9.88. The summed E-state index contributed by atoms with van der Waals surface area (Å²) in [5, 5.41) is 9.54. The van der Waals surface area contributed by atoms with Crippen LogP contribution in [-0.4, -0.2) is 6.61 Å². The average molecular weight is 436 g/mol. The van der Waals surface area contributed by atoms with Crippen molar-refractivity contribution in [2.75, 3.05) is 6.61 Å². The number of hydrogen-bond donors (Lipinski definition) is 0. The Labute approximate surface area is 193 Å². The van der Waals surface area contributed by atoms with E-state index < -0.39 is 0 Å². The third-order valence-electron chi connectivity index (χ3n) is 6.50. The molecular formula is C28H37NOS. The fourth-order valence-corrected chi connectivity index (χ4v) is 5.41. The van der Waals surface area contributed by atoms with Crippen molar-refractivity contribution in [1.82, 2.24) is 0 Å². The van der Waals surface area contributed by atoms with E-state index in [4.69, 9.17) is 4.74 Å². The van der Waals surface area contributed by atoms with Gasteiger partial charge in [-0.05, 0) is 73.3 Å². The zero-order chi connectivity index (χ0) is 21.9. The van der Waals surface area contributed by atoms with Crippen LogP contribution in [0.3, 0.4) is 0 Å². The molecule has 0 unspecified atom stereocenters. The van der Waals surface area contributed by atoms with Crippen LogP contribution in [0, 0.1) is 17.2 Å². The van der Waals surface area contributed by atoms with Gasteiger partial charge in [0.15, 0.2) is 0 Å². The highest BCUT2D eigenvalue weighted by Crippen LogP contribution is 2.38. The molecule has 2 aromatic carbocycles. The third kappa shape index (κ3) is 7.32. The summed E-state index contributed by atoms with van der Waals surface area (Å²) in [6.45, 7) is 5.15. The highest BCUT2D eigenvalue weighted by atomic mass is 32.2. The predicted octanol–water partition coefficient (Wildman–Crippen LogP) is 8.49. The standard InChI is InChI=1S/C28H37NOS/c1-3-5-7-22-8-12-24(13-9-22)25-14-10-23(11-15-25)21-31-28-17-16-27(19-26(28)20-29)30-18-6-4-2/h10-11,14-17,19,22,24H,3-9,12-13,18,21H2,1-2H3/t22-,24-. The lowest BCUT2D eigenvalue weighted by Gasteiger charge is -2.29. The maximum atomic E-state index is 9.54. The molecule has 1 aliphatic carbocycles. The summed E-state index contributed by atoms with van der Waals surface area (Å²) >= 11 is 1.73. The smallest absolute Gasteiger partial charge is 0.120 e. The second-order valence-electron chi connectivity index (χ2n) is 8.86. The van der Waals surface area contributed by atoms with Gasteiger partial charge in [0.25, 0.3) is 0 Å². The normalized spacial score (nSPS) is 18.5. The van der Waals surface area contributed by atoms with Crippen molar-refractivity contribution >= 4 is 11.8 Å². The van der Waals surface area contributed by atoms with E-state index in [1.165, 1.54) is 56.1 Å². The molecule has 0 atom stereocenters. The van der Waals surface area contributed by atoms with Crippen molar-refractivity contribution in [3.05, 3.63) is 59.2 Å². The van der Waals surface area contributed by atoms with Crippen LogP contribution in [0.2, 0.25) is 0 Å². The highest BCUT2D eigenvalue weighted by Gasteiger charge is 2.21. The molecule has 0 aliphatic heterocycles. The Morgan fingerprint density at radius 1 is 0.968 bits per heavy atom. The van der Waals surface area contributed by atoms with E-state index >= 15 is 0 Å². The van der Waals surface area contributed by atoms with Crippen LogP contribution >= 0.6 is 11.8 Å². The predicted molar refractivity (Wildman–Crippen MR) is 132 cm³/mol. The van der Waals surface area contributed by atoms with Crippen molar-refractivity contribution in [2.45, 2.75) is 88.2 Å². The molecule has 0 spiro atoms. The number of unbranched alkanes of at least 4 members (excludes halogenated alkanes) is 2. The molecule has 0 amide bonds. The summed E-state index contributed by atoms with van der Waals surface area (Å²) in [6.07, 6.45) is 11.8. The minimum absolute atomic E-state index is 0.704. The van der Waals surface area contributed by atoms with E-state index in [1.807, 2.05) is 18.2 Å². The van der Waals surface area contributed by atoms with Crippen LogP contribution < -0.4 is 4.74 Å². The van der Waals surface area contributed by atoms with Gasteiger partial charge in [0, 0.05) is 10.6 Å². The summed E-state index contributed by atoms with van der Waals surface area (Å²) in [5.74, 6) is 3.38. The van der Waals surface area contributed by atoms with E-state index in [1.54, 1.807) is 11.8 Å². The Balaban J connectivity index is 1.51. The van der Waals surface area contributed by atoms with Crippen molar-refractivity contribution in [1.29, 1.82) is 5.26 Å². The van der Waals surface area contributed by atoms with E-state index in [9.17, 15) is 5.26 Å². The Kier molecular flexibility index (Phi) is 9.82. The van der Waals surface area contributed by atoms with Gasteiger partial charge >= 0.3 is 0 Å². The van der Waals surface area contributed by atoms with E-state index in [-0.39, 0.29) is 0 Å². The number of ether oxygens (including phenoxy) is 1. The van der Waals surface area contributed by atoms with Crippen molar-refractivity contribution < 1.29 is 4.74 Å². The topological polar surface area (TPSA) is 33.0 Å². The molecule has 2 aromatic rings. The summed E-state index contributed by atoms with van der Waals surface area (Å²) in [5.41, 5.74) is 3.53. The zero-order valence-electron chi connectivity index (χ0n) is 19.2. The Bertz CT molecular complexity index is 831. The summed E-state index contributed by atoms with van der Waals surface area (Å²) in [6, 6.07) is 17.4. The molecular weight excluding hydrogens is 398 g/mol. The fourth-order valence-electron chi connectivity index (χ4n) is 4.47.